The summed E-state index contributed by atoms with van der Waals surface area (Å²) in [4.78, 5) is 12.5. The number of anilines is 1. The minimum absolute atomic E-state index is 0.0231. The predicted molar refractivity (Wildman–Crippen MR) is 103 cm³/mol. The number of amides is 1. The van der Waals surface area contributed by atoms with Crippen LogP contribution in [-0.4, -0.2) is 25.5 Å². The van der Waals surface area contributed by atoms with E-state index in [4.69, 9.17) is 0 Å². The van der Waals surface area contributed by atoms with Gasteiger partial charge in [-0.05, 0) is 0 Å². The van der Waals surface area contributed by atoms with E-state index in [1.807, 2.05) is 58.7 Å². The van der Waals surface area contributed by atoms with Gasteiger partial charge in [0.25, 0.3) is 0 Å². The van der Waals surface area contributed by atoms with E-state index in [9.17, 15) is 4.79 Å². The SMILES string of the molecule is CC(C)(C)CCS[Se]c1ccccc1C(=O)Nc1ccccc1. The molecule has 0 saturated heterocycles. The third-order valence-electron chi connectivity index (χ3n) is 3.25. The first-order chi connectivity index (χ1) is 11.0. The fourth-order valence-corrected chi connectivity index (χ4v) is 6.22. The summed E-state index contributed by atoms with van der Waals surface area (Å²) < 4.78 is 1.16. The van der Waals surface area contributed by atoms with Crippen LogP contribution in [0.2, 0.25) is 0 Å². The number of hydrogen-bond acceptors (Lipinski definition) is 2. The Morgan fingerprint density at radius 3 is 2.39 bits per heavy atom. The summed E-state index contributed by atoms with van der Waals surface area (Å²) in [5, 5.41) is 2.98. The Morgan fingerprint density at radius 2 is 1.70 bits per heavy atom. The van der Waals surface area contributed by atoms with Crippen molar-refractivity contribution in [2.45, 2.75) is 27.2 Å². The van der Waals surface area contributed by atoms with E-state index in [-0.39, 0.29) is 19.7 Å². The predicted octanol–water partition coefficient (Wildman–Crippen LogP) is 4.35. The molecule has 2 aromatic carbocycles. The Balaban J connectivity index is 1.98. The Morgan fingerprint density at radius 1 is 1.04 bits per heavy atom. The minimum atomic E-state index is -0.0231. The quantitative estimate of drug-likeness (QED) is 0.585. The molecule has 2 aromatic rings. The number of carbonyl (C=O) groups excluding carboxylic acids is 1. The molecule has 0 atom stereocenters. The molecule has 2 rings (SSSR count). The molecule has 4 heteroatoms. The normalized spacial score (nSPS) is 11.3. The fraction of sp³-hybridized carbons (Fsp3) is 0.316. The summed E-state index contributed by atoms with van der Waals surface area (Å²) in [6.07, 6.45) is 1.19. The number of para-hydroxylation sites is 1. The maximum atomic E-state index is 12.5. The molecular formula is C19H23NOSSe. The Labute approximate surface area is 148 Å². The average Bonchev–Trinajstić information content (AvgIpc) is 2.52. The number of carbonyl (C=O) groups is 1. The van der Waals surface area contributed by atoms with Crippen LogP contribution >= 0.6 is 10.2 Å². The zero-order valence-corrected chi connectivity index (χ0v) is 16.4. The molecule has 0 aliphatic heterocycles. The third kappa shape index (κ3) is 6.42. The van der Waals surface area contributed by atoms with Crippen LogP contribution in [0.4, 0.5) is 5.69 Å². The molecule has 0 aliphatic rings. The number of rotatable bonds is 6. The van der Waals surface area contributed by atoms with Gasteiger partial charge in [-0.15, -0.1) is 0 Å². The first-order valence-corrected chi connectivity index (χ1v) is 11.6. The van der Waals surface area contributed by atoms with Crippen molar-refractivity contribution in [3.63, 3.8) is 0 Å². The van der Waals surface area contributed by atoms with Gasteiger partial charge in [-0.2, -0.15) is 0 Å². The summed E-state index contributed by atoms with van der Waals surface area (Å²) >= 11 is 0.260. The summed E-state index contributed by atoms with van der Waals surface area (Å²) in [6, 6.07) is 17.5. The molecule has 0 saturated carbocycles. The first-order valence-electron chi connectivity index (χ1n) is 7.71. The van der Waals surface area contributed by atoms with Crippen LogP contribution in [0, 0.1) is 5.41 Å². The van der Waals surface area contributed by atoms with Crippen LogP contribution in [-0.2, 0) is 0 Å². The number of nitrogens with one attached hydrogen (secondary N) is 1. The molecule has 0 bridgehead atoms. The molecule has 0 unspecified atom stereocenters. The topological polar surface area (TPSA) is 29.1 Å². The van der Waals surface area contributed by atoms with Gasteiger partial charge in [0.2, 0.25) is 0 Å². The number of benzene rings is 2. The van der Waals surface area contributed by atoms with Crippen LogP contribution in [0.15, 0.2) is 54.6 Å². The molecule has 1 amide bonds. The molecule has 1 N–H and O–H groups in total. The second-order valence-electron chi connectivity index (χ2n) is 6.53. The van der Waals surface area contributed by atoms with Gasteiger partial charge < -0.3 is 0 Å². The summed E-state index contributed by atoms with van der Waals surface area (Å²) in [5.74, 6) is 1.11. The van der Waals surface area contributed by atoms with Gasteiger partial charge in [0.05, 0.1) is 0 Å². The molecule has 0 heterocycles. The fourth-order valence-electron chi connectivity index (χ4n) is 1.90. The Hall–Kier alpha value is -1.22. The van der Waals surface area contributed by atoms with Crippen molar-refractivity contribution < 1.29 is 4.79 Å². The van der Waals surface area contributed by atoms with Crippen molar-refractivity contribution in [1.82, 2.24) is 0 Å². The van der Waals surface area contributed by atoms with Gasteiger partial charge in [-0.3, -0.25) is 0 Å². The molecule has 0 radical (unpaired) electrons. The van der Waals surface area contributed by atoms with Crippen LogP contribution < -0.4 is 9.78 Å². The summed E-state index contributed by atoms with van der Waals surface area (Å²) in [6.45, 7) is 6.80. The van der Waals surface area contributed by atoms with Crippen LogP contribution in [0.3, 0.4) is 0 Å². The monoisotopic (exact) mass is 393 g/mol. The van der Waals surface area contributed by atoms with Crippen LogP contribution in [0.1, 0.15) is 37.6 Å². The second kappa shape index (κ2) is 8.58. The molecule has 122 valence electrons. The van der Waals surface area contributed by atoms with Crippen LogP contribution in [0.5, 0.6) is 0 Å². The standard InChI is InChI=1S/C19H23NOSSe/c1-19(2,3)13-14-22-23-17-12-8-7-11-16(17)18(21)20-15-9-5-4-6-10-15/h4-12H,13-14H2,1-3H3,(H,20,21). The van der Waals surface area contributed by atoms with Crippen LogP contribution in [0.25, 0.3) is 0 Å². The molecule has 23 heavy (non-hydrogen) atoms. The van der Waals surface area contributed by atoms with Crippen molar-refractivity contribution in [1.29, 1.82) is 0 Å². The van der Waals surface area contributed by atoms with Crippen molar-refractivity contribution >= 4 is 40.1 Å². The van der Waals surface area contributed by atoms with E-state index < -0.39 is 0 Å². The van der Waals surface area contributed by atoms with Gasteiger partial charge >= 0.3 is 149 Å². The van der Waals surface area contributed by atoms with Gasteiger partial charge in [-0.25, -0.2) is 0 Å². The van der Waals surface area contributed by atoms with E-state index in [0.717, 1.165) is 21.5 Å². The van der Waals surface area contributed by atoms with E-state index in [1.165, 1.54) is 6.42 Å². The van der Waals surface area contributed by atoms with Gasteiger partial charge in [0.1, 0.15) is 0 Å². The third-order valence-corrected chi connectivity index (χ3v) is 7.58. The summed E-state index contributed by atoms with van der Waals surface area (Å²) in [7, 11) is 1.95. The van der Waals surface area contributed by atoms with E-state index in [0.29, 0.717) is 5.41 Å². The van der Waals surface area contributed by atoms with E-state index >= 15 is 0 Å². The number of hydrogen-bond donors (Lipinski definition) is 1. The van der Waals surface area contributed by atoms with Crippen molar-refractivity contribution in [3.8, 4) is 0 Å². The molecule has 0 spiro atoms. The Kier molecular flexibility index (Phi) is 6.76. The van der Waals surface area contributed by atoms with Gasteiger partial charge in [-0.1, -0.05) is 0 Å². The molecule has 0 fully saturated rings. The summed E-state index contributed by atoms with van der Waals surface area (Å²) in [5.41, 5.74) is 1.99. The molecule has 0 aromatic heterocycles. The van der Waals surface area contributed by atoms with Crippen molar-refractivity contribution in [2.75, 3.05) is 11.1 Å². The molecule has 2 nitrogen and oxygen atoms in total. The zero-order chi connectivity index (χ0) is 16.7. The van der Waals surface area contributed by atoms with Crippen molar-refractivity contribution in [2.24, 2.45) is 5.41 Å². The van der Waals surface area contributed by atoms with Gasteiger partial charge in [0.15, 0.2) is 0 Å². The second-order valence-corrected chi connectivity index (χ2v) is 10.8. The first kappa shape index (κ1) is 18.1. The van der Waals surface area contributed by atoms with E-state index in [2.05, 4.69) is 32.2 Å². The maximum absolute atomic E-state index is 12.5. The average molecular weight is 392 g/mol. The van der Waals surface area contributed by atoms with E-state index in [1.54, 1.807) is 0 Å². The molecule has 0 aliphatic carbocycles. The zero-order valence-electron chi connectivity index (χ0n) is 13.8. The van der Waals surface area contributed by atoms with Gasteiger partial charge in [0, 0.05) is 0 Å². The van der Waals surface area contributed by atoms with Crippen molar-refractivity contribution in [3.05, 3.63) is 60.2 Å². The Bertz CT molecular complexity index is 637. The molecular weight excluding hydrogens is 369 g/mol.